The van der Waals surface area contributed by atoms with E-state index in [0.717, 1.165) is 22.9 Å². The van der Waals surface area contributed by atoms with Gasteiger partial charge in [-0.2, -0.15) is 0 Å². The van der Waals surface area contributed by atoms with Crippen LogP contribution < -0.4 is 4.74 Å². The smallest absolute Gasteiger partial charge is 0.497 e. The Morgan fingerprint density at radius 2 is 2.00 bits per heavy atom. The lowest BCUT2D eigenvalue weighted by molar-refractivity contribution is -1.09. The average Bonchev–Trinajstić information content (AvgIpc) is 2.70. The fraction of sp³-hybridized carbons (Fsp3) is 0.450. The normalized spacial score (nSPS) is 29.1. The Hall–Kier alpha value is -2.20. The fourth-order valence-corrected chi connectivity index (χ4v) is 4.67. The molecule has 30 heavy (non-hydrogen) atoms. The average molecular weight is 430 g/mol. The van der Waals surface area contributed by atoms with Crippen LogP contribution in [0.4, 0.5) is 21.7 Å². The zero-order valence-electron chi connectivity index (χ0n) is 16.5. The van der Waals surface area contributed by atoms with E-state index >= 15 is 4.48 Å². The number of halogens is 5. The number of fused-ring (bicyclic) bond motifs is 4. The van der Waals surface area contributed by atoms with Crippen LogP contribution in [0.25, 0.3) is 10.9 Å². The standard InChI is InChI=1S/C20H24FN2O2.BF4/c1-3-13-12-23(21)9-7-14(13)10-19(23)20(24)16-6-8-22-18-5-4-15(25-2)11-17(16)18;2-1(3,4)5/h3-6,8,11,13-14,19-20,24H,1,7,9-10,12H2,2H3;/q+1;-1/t13-,14-,19-,20+,23?;/m0./s1. The number of aromatic nitrogens is 1. The molecular weight excluding hydrogens is 406 g/mol. The number of hydrogen-bond acceptors (Lipinski definition) is 3. The third kappa shape index (κ3) is 4.75. The molecule has 164 valence electrons. The molecule has 1 N–H and O–H groups in total. The molecular formula is C20H24BF5N2O2. The van der Waals surface area contributed by atoms with Gasteiger partial charge in [0.15, 0.2) is 6.04 Å². The van der Waals surface area contributed by atoms with Gasteiger partial charge < -0.3 is 27.1 Å². The van der Waals surface area contributed by atoms with Gasteiger partial charge in [0.1, 0.15) is 24.9 Å². The molecule has 3 fully saturated rings. The largest absolute Gasteiger partial charge is 0.673 e. The highest BCUT2D eigenvalue weighted by Crippen LogP contribution is 2.47. The van der Waals surface area contributed by atoms with Gasteiger partial charge in [-0.25, -0.2) is 0 Å². The Morgan fingerprint density at radius 3 is 2.60 bits per heavy atom. The van der Waals surface area contributed by atoms with Crippen LogP contribution in [0.1, 0.15) is 24.5 Å². The number of rotatable bonds is 4. The summed E-state index contributed by atoms with van der Waals surface area (Å²) in [7, 11) is -4.39. The molecule has 3 saturated heterocycles. The summed E-state index contributed by atoms with van der Waals surface area (Å²) in [4.78, 5) is 4.36. The van der Waals surface area contributed by atoms with Crippen LogP contribution in [-0.2, 0) is 0 Å². The van der Waals surface area contributed by atoms with Gasteiger partial charge in [-0.3, -0.25) is 4.98 Å². The second-order valence-electron chi connectivity index (χ2n) is 7.81. The number of methoxy groups -OCH3 is 1. The first kappa shape index (κ1) is 22.5. The highest BCUT2D eigenvalue weighted by atomic mass is 19.5. The molecule has 0 radical (unpaired) electrons. The predicted molar refractivity (Wildman–Crippen MR) is 105 cm³/mol. The lowest BCUT2D eigenvalue weighted by Gasteiger charge is -2.50. The summed E-state index contributed by atoms with van der Waals surface area (Å²) < 4.78 is 59.3. The third-order valence-corrected chi connectivity index (χ3v) is 6.10. The van der Waals surface area contributed by atoms with Gasteiger partial charge in [-0.1, -0.05) is 6.08 Å². The number of piperidine rings is 3. The highest BCUT2D eigenvalue weighted by molar-refractivity contribution is 6.50. The number of nitrogens with zero attached hydrogens (tertiary/aromatic N) is 2. The molecule has 1 aromatic heterocycles. The van der Waals surface area contributed by atoms with E-state index in [1.807, 2.05) is 24.3 Å². The lowest BCUT2D eigenvalue weighted by atomic mass is 9.73. The maximum Gasteiger partial charge on any atom is 0.673 e. The fourth-order valence-electron chi connectivity index (χ4n) is 4.67. The summed E-state index contributed by atoms with van der Waals surface area (Å²) in [6, 6.07) is 6.94. The molecule has 3 aliphatic heterocycles. The van der Waals surface area contributed by atoms with Crippen molar-refractivity contribution in [1.29, 1.82) is 0 Å². The number of aliphatic hydroxyl groups excluding tert-OH is 1. The van der Waals surface area contributed by atoms with Crippen molar-refractivity contribution in [2.24, 2.45) is 11.8 Å². The highest BCUT2D eigenvalue weighted by Gasteiger charge is 2.56. The second kappa shape index (κ2) is 8.51. The number of pyridine rings is 1. The Labute approximate surface area is 171 Å². The van der Waals surface area contributed by atoms with Crippen LogP contribution in [-0.4, -0.2) is 48.3 Å². The van der Waals surface area contributed by atoms with E-state index in [4.69, 9.17) is 4.74 Å². The first-order valence-corrected chi connectivity index (χ1v) is 9.72. The summed E-state index contributed by atoms with van der Waals surface area (Å²) in [6.45, 7) is 4.76. The zero-order valence-corrected chi connectivity index (χ0v) is 16.5. The van der Waals surface area contributed by atoms with Crippen LogP contribution in [0.15, 0.2) is 43.1 Å². The summed E-state index contributed by atoms with van der Waals surface area (Å²) in [5, 5.41) is 11.9. The van der Waals surface area contributed by atoms with E-state index < -0.39 is 24.1 Å². The van der Waals surface area contributed by atoms with Gasteiger partial charge >= 0.3 is 7.25 Å². The van der Waals surface area contributed by atoms with Crippen molar-refractivity contribution < 1.29 is 36.3 Å². The van der Waals surface area contributed by atoms with Crippen LogP contribution >= 0.6 is 0 Å². The summed E-state index contributed by atoms with van der Waals surface area (Å²) in [5.41, 5.74) is 1.51. The molecule has 2 aromatic rings. The minimum absolute atomic E-state index is 0.205. The van der Waals surface area contributed by atoms with Gasteiger partial charge in [0.05, 0.1) is 12.6 Å². The Balaban J connectivity index is 0.000000461. The van der Waals surface area contributed by atoms with Crippen molar-refractivity contribution in [3.63, 3.8) is 0 Å². The van der Waals surface area contributed by atoms with Crippen molar-refractivity contribution in [3.05, 3.63) is 48.7 Å². The summed E-state index contributed by atoms with van der Waals surface area (Å²) in [6.07, 6.45) is 4.24. The molecule has 5 rings (SSSR count). The molecule has 2 bridgehead atoms. The van der Waals surface area contributed by atoms with Crippen LogP contribution in [0.5, 0.6) is 5.75 Å². The molecule has 1 unspecified atom stereocenters. The predicted octanol–water partition coefficient (Wildman–Crippen LogP) is 4.87. The van der Waals surface area contributed by atoms with E-state index in [2.05, 4.69) is 11.6 Å². The van der Waals surface area contributed by atoms with E-state index in [-0.39, 0.29) is 5.92 Å². The van der Waals surface area contributed by atoms with Gasteiger partial charge in [0.2, 0.25) is 0 Å². The van der Waals surface area contributed by atoms with Crippen LogP contribution in [0.3, 0.4) is 0 Å². The monoisotopic (exact) mass is 430 g/mol. The van der Waals surface area contributed by atoms with Crippen molar-refractivity contribution in [3.8, 4) is 5.75 Å². The molecule has 0 saturated carbocycles. The van der Waals surface area contributed by atoms with Crippen molar-refractivity contribution in [2.45, 2.75) is 25.0 Å². The third-order valence-electron chi connectivity index (χ3n) is 6.10. The first-order valence-electron chi connectivity index (χ1n) is 9.72. The molecule has 4 heterocycles. The van der Waals surface area contributed by atoms with E-state index in [1.165, 1.54) is 0 Å². The summed E-state index contributed by atoms with van der Waals surface area (Å²) in [5.74, 6) is 1.32. The van der Waals surface area contributed by atoms with Crippen LogP contribution in [0, 0.1) is 11.8 Å². The molecule has 0 aliphatic carbocycles. The molecule has 0 spiro atoms. The van der Waals surface area contributed by atoms with Gasteiger partial charge in [-0.05, 0) is 40.2 Å². The SMILES string of the molecule is C=C[C@H]1C[N+]2(F)CC[C@H]1C[C@H]2[C@H](O)c1ccnc2ccc(OC)cc12.F[B-](F)(F)F. The molecule has 0 amide bonds. The lowest BCUT2D eigenvalue weighted by Crippen LogP contribution is -2.63. The van der Waals surface area contributed by atoms with Crippen molar-refractivity contribution >= 4 is 18.2 Å². The number of hydrogen-bond donors (Lipinski definition) is 1. The quantitative estimate of drug-likeness (QED) is 0.326. The van der Waals surface area contributed by atoms with Crippen LogP contribution in [0.2, 0.25) is 0 Å². The van der Waals surface area contributed by atoms with Crippen molar-refractivity contribution in [2.75, 3.05) is 20.2 Å². The maximum absolute atomic E-state index is 15.6. The molecule has 1 aromatic carbocycles. The zero-order chi connectivity index (χ0) is 22.1. The topological polar surface area (TPSA) is 42.4 Å². The minimum atomic E-state index is -6.00. The van der Waals surface area contributed by atoms with Crippen molar-refractivity contribution in [1.82, 2.24) is 4.98 Å². The number of quaternary nitrogens is 1. The van der Waals surface area contributed by atoms with Gasteiger partial charge in [0, 0.05) is 30.3 Å². The van der Waals surface area contributed by atoms with E-state index in [0.29, 0.717) is 31.2 Å². The molecule has 4 nitrogen and oxygen atoms in total. The summed E-state index contributed by atoms with van der Waals surface area (Å²) >= 11 is 0. The Bertz CT molecular complexity index is 906. The second-order valence-corrected chi connectivity index (χ2v) is 7.81. The van der Waals surface area contributed by atoms with E-state index in [1.54, 1.807) is 19.4 Å². The van der Waals surface area contributed by atoms with Gasteiger partial charge in [0.25, 0.3) is 0 Å². The number of aliphatic hydroxyl groups is 1. The molecule has 10 heteroatoms. The molecule has 5 atom stereocenters. The molecule has 3 aliphatic rings. The number of benzene rings is 1. The first-order chi connectivity index (χ1) is 14.1. The Morgan fingerprint density at radius 1 is 1.30 bits per heavy atom. The minimum Gasteiger partial charge on any atom is -0.497 e. The number of ether oxygens (including phenoxy) is 1. The maximum atomic E-state index is 15.6. The Kier molecular flexibility index (Phi) is 6.38. The van der Waals surface area contributed by atoms with Gasteiger partial charge in [-0.15, -0.1) is 11.3 Å². The van der Waals surface area contributed by atoms with E-state index in [9.17, 15) is 22.4 Å².